The molecule has 0 aliphatic heterocycles. The third-order valence-electron chi connectivity index (χ3n) is 3.98. The van der Waals surface area contributed by atoms with Crippen LogP contribution >= 0.6 is 0 Å². The van der Waals surface area contributed by atoms with Crippen LogP contribution in [-0.2, 0) is 6.54 Å². The fourth-order valence-corrected chi connectivity index (χ4v) is 2.17. The highest BCUT2D eigenvalue weighted by Gasteiger charge is 2.23. The van der Waals surface area contributed by atoms with Gasteiger partial charge in [0.05, 0.1) is 0 Å². The number of hydrogen-bond acceptors (Lipinski definition) is 3. The lowest BCUT2D eigenvalue weighted by Crippen LogP contribution is -2.39. The van der Waals surface area contributed by atoms with Crippen molar-refractivity contribution in [2.24, 2.45) is 5.92 Å². The summed E-state index contributed by atoms with van der Waals surface area (Å²) in [6, 6.07) is 5.54. The molecule has 3 nitrogen and oxygen atoms in total. The fourth-order valence-electron chi connectivity index (χ4n) is 2.17. The lowest BCUT2D eigenvalue weighted by molar-refractivity contribution is 0.188. The van der Waals surface area contributed by atoms with E-state index in [9.17, 15) is 0 Å². The average molecular weight is 247 g/mol. The van der Waals surface area contributed by atoms with Crippen LogP contribution in [0.25, 0.3) is 0 Å². The van der Waals surface area contributed by atoms with E-state index in [0.717, 1.165) is 19.1 Å². The molecular formula is C15H25N3. The van der Waals surface area contributed by atoms with Crippen LogP contribution < -0.4 is 5.32 Å². The van der Waals surface area contributed by atoms with E-state index in [1.165, 1.54) is 18.4 Å². The first-order valence-electron chi connectivity index (χ1n) is 6.99. The van der Waals surface area contributed by atoms with Crippen molar-refractivity contribution < 1.29 is 0 Å². The number of rotatable bonds is 7. The zero-order chi connectivity index (χ0) is 13.0. The molecule has 0 aromatic carbocycles. The number of hydrogen-bond donors (Lipinski definition) is 1. The molecule has 0 radical (unpaired) electrons. The molecule has 1 aliphatic carbocycles. The second-order valence-electron chi connectivity index (χ2n) is 5.68. The van der Waals surface area contributed by atoms with Gasteiger partial charge in [-0.05, 0) is 50.9 Å². The monoisotopic (exact) mass is 247 g/mol. The van der Waals surface area contributed by atoms with Gasteiger partial charge in [0, 0.05) is 31.0 Å². The van der Waals surface area contributed by atoms with Gasteiger partial charge in [-0.1, -0.05) is 13.0 Å². The summed E-state index contributed by atoms with van der Waals surface area (Å²) in [4.78, 5) is 6.58. The third kappa shape index (κ3) is 4.07. The quantitative estimate of drug-likeness (QED) is 0.801. The molecule has 0 saturated heterocycles. The molecule has 1 aromatic rings. The fraction of sp³-hybridized carbons (Fsp3) is 0.667. The highest BCUT2D eigenvalue weighted by molar-refractivity contribution is 5.08. The summed E-state index contributed by atoms with van der Waals surface area (Å²) in [6.07, 6.45) is 6.52. The van der Waals surface area contributed by atoms with Crippen molar-refractivity contribution in [3.8, 4) is 0 Å². The molecule has 1 aliphatic rings. The first-order valence-corrected chi connectivity index (χ1v) is 6.99. The van der Waals surface area contributed by atoms with Crippen LogP contribution in [0.15, 0.2) is 24.5 Å². The van der Waals surface area contributed by atoms with E-state index < -0.39 is 0 Å². The predicted octanol–water partition coefficient (Wildman–Crippen LogP) is 2.29. The normalized spacial score (nSPS) is 18.9. The van der Waals surface area contributed by atoms with Crippen LogP contribution in [-0.4, -0.2) is 35.6 Å². The van der Waals surface area contributed by atoms with Crippen LogP contribution in [0.2, 0.25) is 0 Å². The molecule has 100 valence electrons. The molecule has 2 unspecified atom stereocenters. The van der Waals surface area contributed by atoms with E-state index in [1.54, 1.807) is 0 Å². The molecule has 2 atom stereocenters. The summed E-state index contributed by atoms with van der Waals surface area (Å²) < 4.78 is 0. The smallest absolute Gasteiger partial charge is 0.0312 e. The van der Waals surface area contributed by atoms with E-state index in [4.69, 9.17) is 0 Å². The van der Waals surface area contributed by atoms with Gasteiger partial charge in [0.15, 0.2) is 0 Å². The minimum absolute atomic E-state index is 0.580. The van der Waals surface area contributed by atoms with Crippen LogP contribution in [0.4, 0.5) is 0 Å². The SMILES string of the molecule is CC(CNC1CC1)C(C)N(C)Cc1cccnc1. The Kier molecular flexibility index (Phi) is 4.72. The Morgan fingerprint density at radius 1 is 1.44 bits per heavy atom. The Bertz CT molecular complexity index is 348. The van der Waals surface area contributed by atoms with Crippen LogP contribution in [0.1, 0.15) is 32.3 Å². The molecule has 0 amide bonds. The Labute approximate surface area is 111 Å². The molecule has 1 saturated carbocycles. The first-order chi connectivity index (χ1) is 8.66. The van der Waals surface area contributed by atoms with Gasteiger partial charge in [-0.2, -0.15) is 0 Å². The van der Waals surface area contributed by atoms with Crippen molar-refractivity contribution in [1.82, 2.24) is 15.2 Å². The van der Waals surface area contributed by atoms with Crippen molar-refractivity contribution in [3.05, 3.63) is 30.1 Å². The number of nitrogens with zero attached hydrogens (tertiary/aromatic N) is 2. The minimum Gasteiger partial charge on any atom is -0.314 e. The third-order valence-corrected chi connectivity index (χ3v) is 3.98. The van der Waals surface area contributed by atoms with Gasteiger partial charge >= 0.3 is 0 Å². The second kappa shape index (κ2) is 6.30. The predicted molar refractivity (Wildman–Crippen MR) is 75.4 cm³/mol. The lowest BCUT2D eigenvalue weighted by atomic mass is 10.0. The van der Waals surface area contributed by atoms with E-state index in [-0.39, 0.29) is 0 Å². The van der Waals surface area contributed by atoms with Gasteiger partial charge in [-0.15, -0.1) is 0 Å². The summed E-state index contributed by atoms with van der Waals surface area (Å²) in [6.45, 7) is 6.75. The van der Waals surface area contributed by atoms with Gasteiger partial charge in [-0.25, -0.2) is 0 Å². The summed E-state index contributed by atoms with van der Waals surface area (Å²) in [5.41, 5.74) is 1.29. The Balaban J connectivity index is 1.77. The Morgan fingerprint density at radius 3 is 2.83 bits per heavy atom. The summed E-state index contributed by atoms with van der Waals surface area (Å²) >= 11 is 0. The van der Waals surface area contributed by atoms with E-state index >= 15 is 0 Å². The number of aromatic nitrogens is 1. The van der Waals surface area contributed by atoms with Gasteiger partial charge in [0.25, 0.3) is 0 Å². The average Bonchev–Trinajstić information content (AvgIpc) is 3.20. The van der Waals surface area contributed by atoms with Crippen molar-refractivity contribution >= 4 is 0 Å². The van der Waals surface area contributed by atoms with Gasteiger partial charge < -0.3 is 5.32 Å². The molecule has 1 heterocycles. The molecule has 2 rings (SSSR count). The zero-order valence-corrected chi connectivity index (χ0v) is 11.8. The maximum absolute atomic E-state index is 4.17. The summed E-state index contributed by atoms with van der Waals surface area (Å²) in [5, 5.41) is 3.62. The van der Waals surface area contributed by atoms with Gasteiger partial charge in [0.2, 0.25) is 0 Å². The molecular weight excluding hydrogens is 222 g/mol. The number of pyridine rings is 1. The molecule has 0 spiro atoms. The van der Waals surface area contributed by atoms with Gasteiger partial charge in [0.1, 0.15) is 0 Å². The second-order valence-corrected chi connectivity index (χ2v) is 5.68. The summed E-state index contributed by atoms with van der Waals surface area (Å²) in [5.74, 6) is 0.673. The van der Waals surface area contributed by atoms with Crippen molar-refractivity contribution in [2.45, 2.75) is 45.3 Å². The first kappa shape index (κ1) is 13.5. The highest BCUT2D eigenvalue weighted by Crippen LogP contribution is 2.20. The molecule has 18 heavy (non-hydrogen) atoms. The maximum atomic E-state index is 4.17. The van der Waals surface area contributed by atoms with Crippen molar-refractivity contribution in [1.29, 1.82) is 0 Å². The topological polar surface area (TPSA) is 28.2 Å². The zero-order valence-electron chi connectivity index (χ0n) is 11.8. The van der Waals surface area contributed by atoms with Gasteiger partial charge in [-0.3, -0.25) is 9.88 Å². The largest absolute Gasteiger partial charge is 0.314 e. The molecule has 1 N–H and O–H groups in total. The van der Waals surface area contributed by atoms with Crippen LogP contribution in [0, 0.1) is 5.92 Å². The molecule has 1 aromatic heterocycles. The highest BCUT2D eigenvalue weighted by atomic mass is 15.1. The van der Waals surface area contributed by atoms with Crippen molar-refractivity contribution in [3.63, 3.8) is 0 Å². The van der Waals surface area contributed by atoms with E-state index in [2.05, 4.69) is 42.2 Å². The standard InChI is InChI=1S/C15H25N3/c1-12(9-17-15-6-7-15)13(2)18(3)11-14-5-4-8-16-10-14/h4-5,8,10,12-13,15,17H,6-7,9,11H2,1-3H3. The molecule has 1 fully saturated rings. The number of nitrogens with one attached hydrogen (secondary N) is 1. The maximum Gasteiger partial charge on any atom is 0.0312 e. The lowest BCUT2D eigenvalue weighted by Gasteiger charge is -2.30. The van der Waals surface area contributed by atoms with Crippen LogP contribution in [0.5, 0.6) is 0 Å². The van der Waals surface area contributed by atoms with E-state index in [1.807, 2.05) is 18.5 Å². The van der Waals surface area contributed by atoms with Crippen molar-refractivity contribution in [2.75, 3.05) is 13.6 Å². The van der Waals surface area contributed by atoms with Crippen LogP contribution in [0.3, 0.4) is 0 Å². The molecule has 3 heteroatoms. The Hall–Kier alpha value is -0.930. The Morgan fingerprint density at radius 2 is 2.22 bits per heavy atom. The summed E-state index contributed by atoms with van der Waals surface area (Å²) in [7, 11) is 2.20. The van der Waals surface area contributed by atoms with E-state index in [0.29, 0.717) is 12.0 Å². The molecule has 0 bridgehead atoms. The minimum atomic E-state index is 0.580.